The van der Waals surface area contributed by atoms with Crippen molar-refractivity contribution in [3.05, 3.63) is 12.2 Å². The molecule has 3 heteroatoms. The molecule has 3 nitrogen and oxygen atoms in total. The van der Waals surface area contributed by atoms with Gasteiger partial charge in [-0.2, -0.15) is 0 Å². The lowest BCUT2D eigenvalue weighted by atomic mass is 10.1. The summed E-state index contributed by atoms with van der Waals surface area (Å²) in [6.45, 7) is 1.91. The quantitative estimate of drug-likeness (QED) is 0.626. The SMILES string of the molecule is CC1CCCCCCC(O)C=CC(=O)O1. The molecule has 0 aromatic rings. The number of ether oxygens (including phenoxy) is 1. The van der Waals surface area contributed by atoms with Crippen LogP contribution in [0.4, 0.5) is 0 Å². The van der Waals surface area contributed by atoms with Crippen molar-refractivity contribution in [2.24, 2.45) is 0 Å². The molecule has 2 unspecified atom stereocenters. The maximum atomic E-state index is 11.2. The van der Waals surface area contributed by atoms with E-state index in [-0.39, 0.29) is 12.1 Å². The minimum Gasteiger partial charge on any atom is -0.460 e. The highest BCUT2D eigenvalue weighted by Crippen LogP contribution is 2.12. The molecule has 0 fully saturated rings. The molecule has 0 amide bonds. The second kappa shape index (κ2) is 6.62. The Hall–Kier alpha value is -0.830. The highest BCUT2D eigenvalue weighted by molar-refractivity contribution is 5.82. The van der Waals surface area contributed by atoms with Gasteiger partial charge in [0.05, 0.1) is 12.2 Å². The van der Waals surface area contributed by atoms with Crippen molar-refractivity contribution in [3.63, 3.8) is 0 Å². The Morgan fingerprint density at radius 3 is 2.67 bits per heavy atom. The van der Waals surface area contributed by atoms with E-state index in [1.165, 1.54) is 12.2 Å². The van der Waals surface area contributed by atoms with Gasteiger partial charge in [-0.15, -0.1) is 0 Å². The van der Waals surface area contributed by atoms with Gasteiger partial charge in [-0.1, -0.05) is 19.3 Å². The van der Waals surface area contributed by atoms with E-state index >= 15 is 0 Å². The first kappa shape index (κ1) is 12.2. The molecule has 1 heterocycles. The summed E-state index contributed by atoms with van der Waals surface area (Å²) in [5.41, 5.74) is 0. The number of carbonyl (C=O) groups excluding carboxylic acids is 1. The van der Waals surface area contributed by atoms with E-state index in [1.807, 2.05) is 6.92 Å². The van der Waals surface area contributed by atoms with Crippen LogP contribution in [0, 0.1) is 0 Å². The van der Waals surface area contributed by atoms with E-state index in [1.54, 1.807) is 0 Å². The maximum Gasteiger partial charge on any atom is 0.330 e. The molecule has 0 saturated heterocycles. The molecule has 0 spiro atoms. The normalized spacial score (nSPS) is 30.1. The van der Waals surface area contributed by atoms with E-state index in [0.717, 1.165) is 38.5 Å². The lowest BCUT2D eigenvalue weighted by Crippen LogP contribution is -2.14. The van der Waals surface area contributed by atoms with Crippen LogP contribution in [-0.2, 0) is 9.53 Å². The number of aliphatic hydroxyl groups is 1. The third-order valence-corrected chi connectivity index (χ3v) is 2.63. The summed E-state index contributed by atoms with van der Waals surface area (Å²) in [6.07, 6.45) is 8.42. The van der Waals surface area contributed by atoms with E-state index < -0.39 is 6.10 Å². The lowest BCUT2D eigenvalue weighted by Gasteiger charge is -2.13. The molecule has 1 aliphatic heterocycles. The minimum absolute atomic E-state index is 0.0151. The van der Waals surface area contributed by atoms with Gasteiger partial charge in [0.1, 0.15) is 0 Å². The smallest absolute Gasteiger partial charge is 0.330 e. The van der Waals surface area contributed by atoms with Gasteiger partial charge >= 0.3 is 5.97 Å². The summed E-state index contributed by atoms with van der Waals surface area (Å²) in [5, 5.41) is 9.48. The van der Waals surface area contributed by atoms with Gasteiger partial charge in [0.2, 0.25) is 0 Å². The molecule has 2 atom stereocenters. The van der Waals surface area contributed by atoms with Gasteiger partial charge in [-0.05, 0) is 32.3 Å². The van der Waals surface area contributed by atoms with Gasteiger partial charge in [0.15, 0.2) is 0 Å². The van der Waals surface area contributed by atoms with Crippen LogP contribution in [-0.4, -0.2) is 23.3 Å². The highest BCUT2D eigenvalue weighted by atomic mass is 16.5. The van der Waals surface area contributed by atoms with Crippen molar-refractivity contribution < 1.29 is 14.6 Å². The van der Waals surface area contributed by atoms with Gasteiger partial charge in [-0.25, -0.2) is 4.79 Å². The van der Waals surface area contributed by atoms with Crippen LogP contribution in [0.3, 0.4) is 0 Å². The predicted octanol–water partition coefficient (Wildman–Crippen LogP) is 2.19. The Bertz CT molecular complexity index is 223. The van der Waals surface area contributed by atoms with Crippen molar-refractivity contribution >= 4 is 5.97 Å². The van der Waals surface area contributed by atoms with Crippen LogP contribution in [0.5, 0.6) is 0 Å². The zero-order valence-electron chi connectivity index (χ0n) is 9.32. The number of carbonyl (C=O) groups is 1. The standard InChI is InChI=1S/C12H20O3/c1-10-6-4-2-3-5-7-11(13)8-9-12(14)15-10/h8-11,13H,2-7H2,1H3. The van der Waals surface area contributed by atoms with E-state index in [2.05, 4.69) is 0 Å². The number of hydrogen-bond acceptors (Lipinski definition) is 3. The summed E-state index contributed by atoms with van der Waals surface area (Å²) in [5.74, 6) is -0.345. The second-order valence-electron chi connectivity index (χ2n) is 4.17. The summed E-state index contributed by atoms with van der Waals surface area (Å²) in [4.78, 5) is 11.2. The molecule has 1 N–H and O–H groups in total. The predicted molar refractivity (Wildman–Crippen MR) is 58.4 cm³/mol. The first-order chi connectivity index (χ1) is 7.18. The van der Waals surface area contributed by atoms with Crippen molar-refractivity contribution in [2.45, 2.75) is 57.7 Å². The molecule has 15 heavy (non-hydrogen) atoms. The second-order valence-corrected chi connectivity index (χ2v) is 4.17. The molecular weight excluding hydrogens is 192 g/mol. The van der Waals surface area contributed by atoms with E-state index in [9.17, 15) is 9.90 Å². The maximum absolute atomic E-state index is 11.2. The summed E-state index contributed by atoms with van der Waals surface area (Å²) in [7, 11) is 0. The zero-order valence-corrected chi connectivity index (χ0v) is 9.32. The Labute approximate surface area is 91.1 Å². The fraction of sp³-hybridized carbons (Fsp3) is 0.750. The molecular formula is C12H20O3. The molecule has 0 aliphatic carbocycles. The largest absolute Gasteiger partial charge is 0.460 e. The Morgan fingerprint density at radius 1 is 1.27 bits per heavy atom. The number of cyclic esters (lactones) is 1. The monoisotopic (exact) mass is 212 g/mol. The number of esters is 1. The van der Waals surface area contributed by atoms with Crippen molar-refractivity contribution in [1.29, 1.82) is 0 Å². The van der Waals surface area contributed by atoms with Crippen molar-refractivity contribution in [3.8, 4) is 0 Å². The third kappa shape index (κ3) is 5.57. The lowest BCUT2D eigenvalue weighted by molar-refractivity contribution is -0.142. The molecule has 86 valence electrons. The molecule has 0 saturated carbocycles. The number of hydrogen-bond donors (Lipinski definition) is 1. The van der Waals surface area contributed by atoms with Crippen LogP contribution in [0.15, 0.2) is 12.2 Å². The van der Waals surface area contributed by atoms with E-state index in [0.29, 0.717) is 0 Å². The number of rotatable bonds is 0. The molecule has 0 radical (unpaired) electrons. The highest BCUT2D eigenvalue weighted by Gasteiger charge is 2.08. The fourth-order valence-corrected chi connectivity index (χ4v) is 1.72. The van der Waals surface area contributed by atoms with Gasteiger partial charge in [0, 0.05) is 6.08 Å². The average molecular weight is 212 g/mol. The third-order valence-electron chi connectivity index (χ3n) is 2.63. The Morgan fingerprint density at radius 2 is 1.93 bits per heavy atom. The minimum atomic E-state index is -0.507. The molecule has 1 rings (SSSR count). The van der Waals surface area contributed by atoms with Crippen LogP contribution in [0.25, 0.3) is 0 Å². The van der Waals surface area contributed by atoms with Crippen LogP contribution in [0.1, 0.15) is 45.4 Å². The first-order valence-corrected chi connectivity index (χ1v) is 5.75. The van der Waals surface area contributed by atoms with Crippen LogP contribution in [0.2, 0.25) is 0 Å². The Balaban J connectivity index is 2.48. The van der Waals surface area contributed by atoms with Crippen molar-refractivity contribution in [2.75, 3.05) is 0 Å². The molecule has 0 aromatic heterocycles. The zero-order chi connectivity index (χ0) is 11.1. The van der Waals surface area contributed by atoms with Crippen LogP contribution < -0.4 is 0 Å². The van der Waals surface area contributed by atoms with E-state index in [4.69, 9.17) is 4.74 Å². The Kier molecular flexibility index (Phi) is 5.40. The first-order valence-electron chi connectivity index (χ1n) is 5.75. The summed E-state index contributed by atoms with van der Waals surface area (Å²) < 4.78 is 5.13. The van der Waals surface area contributed by atoms with Gasteiger partial charge < -0.3 is 9.84 Å². The molecule has 1 aliphatic rings. The fourth-order valence-electron chi connectivity index (χ4n) is 1.72. The average Bonchev–Trinajstić information content (AvgIpc) is 2.18. The van der Waals surface area contributed by atoms with Gasteiger partial charge in [-0.3, -0.25) is 0 Å². The molecule has 0 aromatic carbocycles. The van der Waals surface area contributed by atoms with Crippen LogP contribution >= 0.6 is 0 Å². The van der Waals surface area contributed by atoms with Crippen molar-refractivity contribution in [1.82, 2.24) is 0 Å². The van der Waals surface area contributed by atoms with Gasteiger partial charge in [0.25, 0.3) is 0 Å². The topological polar surface area (TPSA) is 46.5 Å². The molecule has 0 bridgehead atoms. The summed E-state index contributed by atoms with van der Waals surface area (Å²) in [6, 6.07) is 0. The number of aliphatic hydroxyl groups excluding tert-OH is 1. The summed E-state index contributed by atoms with van der Waals surface area (Å²) >= 11 is 0.